The number of carbonyl (C=O) groups excluding carboxylic acids is 1. The van der Waals surface area contributed by atoms with Crippen molar-refractivity contribution in [2.24, 2.45) is 0 Å². The maximum atomic E-state index is 13.0. The van der Waals surface area contributed by atoms with Crippen LogP contribution in [0.1, 0.15) is 16.8 Å². The van der Waals surface area contributed by atoms with Gasteiger partial charge in [0.15, 0.2) is 5.65 Å². The highest BCUT2D eigenvalue weighted by molar-refractivity contribution is 6.31. The number of halogens is 1. The van der Waals surface area contributed by atoms with E-state index in [4.69, 9.17) is 21.6 Å². The number of ether oxygens (including phenoxy) is 1. The van der Waals surface area contributed by atoms with Gasteiger partial charge in [-0.2, -0.15) is 15.5 Å². The number of aryl methyl sites for hydroxylation is 1. The number of aromatic nitrogens is 5. The van der Waals surface area contributed by atoms with Gasteiger partial charge in [-0.05, 0) is 24.3 Å². The van der Waals surface area contributed by atoms with Crippen molar-refractivity contribution < 1.29 is 9.53 Å². The minimum Gasteiger partial charge on any atom is -0.496 e. The van der Waals surface area contributed by atoms with Crippen molar-refractivity contribution in [3.05, 3.63) is 59.6 Å². The van der Waals surface area contributed by atoms with Crippen LogP contribution in [-0.2, 0) is 6.54 Å². The predicted molar refractivity (Wildman–Crippen MR) is 110 cm³/mol. The van der Waals surface area contributed by atoms with E-state index in [0.29, 0.717) is 45.5 Å². The van der Waals surface area contributed by atoms with Crippen LogP contribution in [0.3, 0.4) is 0 Å². The molecule has 3 heterocycles. The van der Waals surface area contributed by atoms with Gasteiger partial charge in [0.1, 0.15) is 17.0 Å². The number of rotatable bonds is 6. The summed E-state index contributed by atoms with van der Waals surface area (Å²) in [6.45, 7) is 0.376. The lowest BCUT2D eigenvalue weighted by Gasteiger charge is -2.09. The highest BCUT2D eigenvalue weighted by Gasteiger charge is 2.20. The number of nitrogens with zero attached hydrogens (tertiary/aromatic N) is 6. The van der Waals surface area contributed by atoms with E-state index in [9.17, 15) is 4.79 Å². The Morgan fingerprint density at radius 1 is 1.40 bits per heavy atom. The first-order chi connectivity index (χ1) is 14.6. The second-order valence-corrected chi connectivity index (χ2v) is 6.74. The van der Waals surface area contributed by atoms with Gasteiger partial charge in [0.2, 0.25) is 0 Å². The summed E-state index contributed by atoms with van der Waals surface area (Å²) in [4.78, 5) is 17.2. The molecule has 0 saturated heterocycles. The number of nitrogens with one attached hydrogen (secondary N) is 1. The molecule has 0 aliphatic heterocycles. The number of fused-ring (bicyclic) bond motifs is 1. The first kappa shape index (κ1) is 19.4. The van der Waals surface area contributed by atoms with Crippen LogP contribution >= 0.6 is 11.6 Å². The van der Waals surface area contributed by atoms with Gasteiger partial charge in [-0.1, -0.05) is 11.6 Å². The molecule has 1 amide bonds. The van der Waals surface area contributed by atoms with Crippen LogP contribution in [0.4, 0.5) is 5.69 Å². The zero-order chi connectivity index (χ0) is 21.1. The Balaban J connectivity index is 1.75. The van der Waals surface area contributed by atoms with Crippen molar-refractivity contribution in [3.63, 3.8) is 0 Å². The van der Waals surface area contributed by atoms with E-state index in [2.05, 4.69) is 26.6 Å². The lowest BCUT2D eigenvalue weighted by atomic mass is 10.1. The summed E-state index contributed by atoms with van der Waals surface area (Å²) < 4.78 is 8.56. The van der Waals surface area contributed by atoms with Crippen LogP contribution in [-0.4, -0.2) is 37.4 Å². The largest absolute Gasteiger partial charge is 0.496 e. The van der Waals surface area contributed by atoms with Crippen molar-refractivity contribution in [2.75, 3.05) is 12.4 Å². The summed E-state index contributed by atoms with van der Waals surface area (Å²) in [6, 6.07) is 8.96. The molecule has 3 aromatic heterocycles. The van der Waals surface area contributed by atoms with E-state index >= 15 is 0 Å². The van der Waals surface area contributed by atoms with Crippen LogP contribution in [0.2, 0.25) is 5.02 Å². The van der Waals surface area contributed by atoms with Gasteiger partial charge in [-0.15, -0.1) is 0 Å². The molecule has 30 heavy (non-hydrogen) atoms. The molecule has 0 atom stereocenters. The molecule has 0 bridgehead atoms. The molecule has 0 spiro atoms. The quantitative estimate of drug-likeness (QED) is 0.510. The summed E-state index contributed by atoms with van der Waals surface area (Å²) in [6.07, 6.45) is 6.71. The fourth-order valence-corrected chi connectivity index (χ4v) is 3.21. The van der Waals surface area contributed by atoms with Crippen molar-refractivity contribution in [2.45, 2.75) is 13.0 Å². The van der Waals surface area contributed by atoms with E-state index in [1.807, 2.05) is 0 Å². The number of anilines is 1. The van der Waals surface area contributed by atoms with E-state index in [1.54, 1.807) is 54.6 Å². The standard InChI is InChI=1S/C20H16ClN7O2/c1-30-17-5-4-13(21)10-14(17)18-16(12-27(26-18)8-2-6-22)25-20(29)15-11-24-28-9-3-7-23-19(15)28/h3-5,7,9-12H,2,8H2,1H3,(H,25,29). The van der Waals surface area contributed by atoms with Crippen molar-refractivity contribution >= 4 is 28.8 Å². The number of amides is 1. The number of carbonyl (C=O) groups is 1. The molecule has 0 fully saturated rings. The predicted octanol–water partition coefficient (Wildman–Crippen LogP) is 3.42. The molecular weight excluding hydrogens is 406 g/mol. The Hall–Kier alpha value is -3.90. The topological polar surface area (TPSA) is 110 Å². The summed E-state index contributed by atoms with van der Waals surface area (Å²) in [5, 5.41) is 21.0. The maximum Gasteiger partial charge on any atom is 0.261 e. The molecule has 1 aromatic carbocycles. The highest BCUT2D eigenvalue weighted by atomic mass is 35.5. The van der Waals surface area contributed by atoms with E-state index in [-0.39, 0.29) is 12.3 Å². The van der Waals surface area contributed by atoms with Gasteiger partial charge >= 0.3 is 0 Å². The first-order valence-corrected chi connectivity index (χ1v) is 9.36. The van der Waals surface area contributed by atoms with Gasteiger partial charge in [0, 0.05) is 29.2 Å². The zero-order valence-electron chi connectivity index (χ0n) is 15.9. The summed E-state index contributed by atoms with van der Waals surface area (Å²) in [5.74, 6) is 0.170. The lowest BCUT2D eigenvalue weighted by Crippen LogP contribution is -2.12. The highest BCUT2D eigenvalue weighted by Crippen LogP contribution is 2.36. The fraction of sp³-hybridized carbons (Fsp3) is 0.150. The van der Waals surface area contributed by atoms with Gasteiger partial charge < -0.3 is 10.1 Å². The number of hydrogen-bond donors (Lipinski definition) is 1. The van der Waals surface area contributed by atoms with Crippen molar-refractivity contribution in [3.8, 4) is 23.1 Å². The molecule has 0 saturated carbocycles. The van der Waals surface area contributed by atoms with Gasteiger partial charge in [-0.3, -0.25) is 9.48 Å². The molecule has 4 rings (SSSR count). The molecule has 0 aliphatic rings. The van der Waals surface area contributed by atoms with E-state index < -0.39 is 0 Å². The van der Waals surface area contributed by atoms with Crippen LogP contribution in [0.15, 0.2) is 49.1 Å². The second kappa shape index (κ2) is 8.23. The number of methoxy groups -OCH3 is 1. The number of benzene rings is 1. The first-order valence-electron chi connectivity index (χ1n) is 8.98. The molecule has 1 N–H and O–H groups in total. The number of hydrogen-bond acceptors (Lipinski definition) is 6. The molecule has 0 unspecified atom stereocenters. The van der Waals surface area contributed by atoms with Crippen LogP contribution < -0.4 is 10.1 Å². The second-order valence-electron chi connectivity index (χ2n) is 6.31. The van der Waals surface area contributed by atoms with E-state index in [1.165, 1.54) is 10.7 Å². The fourth-order valence-electron chi connectivity index (χ4n) is 3.03. The smallest absolute Gasteiger partial charge is 0.261 e. The Bertz CT molecular complexity index is 1270. The van der Waals surface area contributed by atoms with Crippen LogP contribution in [0.5, 0.6) is 5.75 Å². The average molecular weight is 422 g/mol. The van der Waals surface area contributed by atoms with E-state index in [0.717, 1.165) is 0 Å². The molecule has 9 nitrogen and oxygen atoms in total. The molecule has 0 aliphatic carbocycles. The third kappa shape index (κ3) is 3.68. The summed E-state index contributed by atoms with van der Waals surface area (Å²) >= 11 is 6.18. The lowest BCUT2D eigenvalue weighted by molar-refractivity contribution is 0.102. The van der Waals surface area contributed by atoms with Gasteiger partial charge in [0.05, 0.1) is 38.0 Å². The average Bonchev–Trinajstić information content (AvgIpc) is 3.36. The van der Waals surface area contributed by atoms with Crippen molar-refractivity contribution in [1.29, 1.82) is 5.26 Å². The molecule has 150 valence electrons. The minimum absolute atomic E-state index is 0.277. The van der Waals surface area contributed by atoms with Gasteiger partial charge in [0.25, 0.3) is 5.91 Å². The minimum atomic E-state index is -0.384. The van der Waals surface area contributed by atoms with Crippen LogP contribution in [0, 0.1) is 11.3 Å². The van der Waals surface area contributed by atoms with Crippen molar-refractivity contribution in [1.82, 2.24) is 24.4 Å². The molecule has 4 aromatic rings. The Morgan fingerprint density at radius 3 is 3.07 bits per heavy atom. The van der Waals surface area contributed by atoms with Crippen LogP contribution in [0.25, 0.3) is 16.9 Å². The third-order valence-corrected chi connectivity index (χ3v) is 4.64. The van der Waals surface area contributed by atoms with Gasteiger partial charge in [-0.25, -0.2) is 9.50 Å². The maximum absolute atomic E-state index is 13.0. The Morgan fingerprint density at radius 2 is 2.27 bits per heavy atom. The molecular formula is C20H16ClN7O2. The molecule has 10 heteroatoms. The molecule has 0 radical (unpaired) electrons. The normalized spacial score (nSPS) is 10.7. The Labute approximate surface area is 176 Å². The summed E-state index contributed by atoms with van der Waals surface area (Å²) in [7, 11) is 1.54. The summed E-state index contributed by atoms with van der Waals surface area (Å²) in [5.41, 5.74) is 2.31. The number of nitriles is 1. The Kier molecular flexibility index (Phi) is 5.32. The third-order valence-electron chi connectivity index (χ3n) is 4.40. The zero-order valence-corrected chi connectivity index (χ0v) is 16.7. The SMILES string of the molecule is COc1ccc(Cl)cc1-c1nn(CCC#N)cc1NC(=O)c1cnn2cccnc12. The monoisotopic (exact) mass is 421 g/mol.